The molecule has 1 fully saturated rings. The lowest BCUT2D eigenvalue weighted by molar-refractivity contribution is -0.125. The van der Waals surface area contributed by atoms with E-state index in [0.717, 1.165) is 5.56 Å². The molecule has 0 radical (unpaired) electrons. The molecule has 0 spiro atoms. The monoisotopic (exact) mass is 545 g/mol. The predicted octanol–water partition coefficient (Wildman–Crippen LogP) is 2.35. The standard InChI is InChI=1S/C25H21N7O6.C2H6/c1-26-23-28-17(8-19(33)29-23)14-5-13-6-18(38-20(13)27-9-14)25(22(35)30-24(36)31-25)11-32-10-12-3-4-15(37-2)7-16(12)21(32)34;1-2/h3-9H,10-11H2,1-2H3,(H2,26,28,29,33)(H2,30,31,35,36);1-2H3/t25-;/m0./s1. The van der Waals surface area contributed by atoms with E-state index in [1.807, 2.05) is 13.8 Å². The fourth-order valence-electron chi connectivity index (χ4n) is 4.74. The number of anilines is 1. The zero-order valence-electron chi connectivity index (χ0n) is 22.2. The van der Waals surface area contributed by atoms with Crippen molar-refractivity contribution in [3.63, 3.8) is 0 Å². The summed E-state index contributed by atoms with van der Waals surface area (Å²) in [7, 11) is 3.14. The van der Waals surface area contributed by atoms with Crippen LogP contribution in [0.15, 0.2) is 51.8 Å². The summed E-state index contributed by atoms with van der Waals surface area (Å²) < 4.78 is 11.2. The van der Waals surface area contributed by atoms with Crippen molar-refractivity contribution < 1.29 is 23.5 Å². The summed E-state index contributed by atoms with van der Waals surface area (Å²) in [6.07, 6.45) is 1.49. The van der Waals surface area contributed by atoms with Crippen molar-refractivity contribution in [2.24, 2.45) is 0 Å². The summed E-state index contributed by atoms with van der Waals surface area (Å²) in [5, 5.41) is 8.21. The van der Waals surface area contributed by atoms with Crippen LogP contribution in [-0.2, 0) is 16.9 Å². The molecule has 4 N–H and O–H groups in total. The Morgan fingerprint density at radius 2 is 1.93 bits per heavy atom. The maximum Gasteiger partial charge on any atom is 0.322 e. The molecule has 40 heavy (non-hydrogen) atoms. The lowest BCUT2D eigenvalue weighted by Gasteiger charge is -2.28. The van der Waals surface area contributed by atoms with Crippen molar-refractivity contribution in [1.29, 1.82) is 0 Å². The lowest BCUT2D eigenvalue weighted by atomic mass is 9.95. The second-order valence-corrected chi connectivity index (χ2v) is 8.96. The number of aromatic nitrogens is 3. The molecule has 0 aliphatic carbocycles. The highest BCUT2D eigenvalue weighted by molar-refractivity contribution is 6.08. The molecule has 0 unspecified atom stereocenters. The van der Waals surface area contributed by atoms with E-state index < -0.39 is 17.5 Å². The van der Waals surface area contributed by atoms with Crippen molar-refractivity contribution in [1.82, 2.24) is 30.5 Å². The van der Waals surface area contributed by atoms with Crippen LogP contribution >= 0.6 is 0 Å². The number of carbonyl (C=O) groups excluding carboxylic acids is 3. The van der Waals surface area contributed by atoms with Crippen LogP contribution in [0, 0.1) is 0 Å². The molecular formula is C27H27N7O6. The summed E-state index contributed by atoms with van der Waals surface area (Å²) >= 11 is 0. The first kappa shape index (κ1) is 26.4. The minimum atomic E-state index is -1.68. The summed E-state index contributed by atoms with van der Waals surface area (Å²) in [5.74, 6) is -0.0192. The van der Waals surface area contributed by atoms with Gasteiger partial charge in [0.05, 0.1) is 19.3 Å². The van der Waals surface area contributed by atoms with E-state index in [9.17, 15) is 19.2 Å². The molecule has 1 saturated heterocycles. The summed E-state index contributed by atoms with van der Waals surface area (Å²) in [4.78, 5) is 63.4. The van der Waals surface area contributed by atoms with Gasteiger partial charge in [-0.05, 0) is 29.8 Å². The number of rotatable bonds is 6. The average molecular weight is 546 g/mol. The molecule has 1 aromatic carbocycles. The van der Waals surface area contributed by atoms with Crippen molar-refractivity contribution in [2.75, 3.05) is 26.0 Å². The number of nitrogens with zero attached hydrogens (tertiary/aromatic N) is 3. The topological polar surface area (TPSA) is 172 Å². The number of hydrogen-bond acceptors (Lipinski definition) is 9. The summed E-state index contributed by atoms with van der Waals surface area (Å²) in [6, 6.07) is 9.12. The fraction of sp³-hybridized carbons (Fsp3) is 0.259. The Morgan fingerprint density at radius 1 is 1.12 bits per heavy atom. The SMILES string of the molecule is CC.CNc1nc(-c2cnc3oc([C@]4(CN5Cc6ccc(OC)cc6C5=O)NC(=O)NC4=O)cc3c2)cc(=O)[nH]1. The Hall–Kier alpha value is -5.20. The Morgan fingerprint density at radius 3 is 2.62 bits per heavy atom. The molecule has 2 aliphatic heterocycles. The number of nitrogens with one attached hydrogen (secondary N) is 4. The molecule has 0 bridgehead atoms. The number of benzene rings is 1. The van der Waals surface area contributed by atoms with Gasteiger partial charge in [0.25, 0.3) is 17.4 Å². The normalized spacial score (nSPS) is 17.7. The molecule has 0 saturated carbocycles. The number of carbonyl (C=O) groups is 3. The molecule has 13 nitrogen and oxygen atoms in total. The third-order valence-electron chi connectivity index (χ3n) is 6.63. The summed E-state index contributed by atoms with van der Waals surface area (Å²) in [6.45, 7) is 4.07. The number of hydrogen-bond donors (Lipinski definition) is 4. The van der Waals surface area contributed by atoms with Gasteiger partial charge in [-0.1, -0.05) is 19.9 Å². The number of imide groups is 1. The number of fused-ring (bicyclic) bond motifs is 2. The van der Waals surface area contributed by atoms with E-state index in [1.165, 1.54) is 24.3 Å². The zero-order valence-corrected chi connectivity index (χ0v) is 22.2. The van der Waals surface area contributed by atoms with E-state index >= 15 is 0 Å². The van der Waals surface area contributed by atoms with Gasteiger partial charge in [-0.3, -0.25) is 24.7 Å². The van der Waals surface area contributed by atoms with Gasteiger partial charge in [-0.2, -0.15) is 0 Å². The van der Waals surface area contributed by atoms with E-state index in [0.29, 0.717) is 33.9 Å². The molecule has 2 aliphatic rings. The van der Waals surface area contributed by atoms with Crippen LogP contribution in [0.4, 0.5) is 10.7 Å². The van der Waals surface area contributed by atoms with Gasteiger partial charge in [0.15, 0.2) is 5.54 Å². The van der Waals surface area contributed by atoms with Crippen molar-refractivity contribution in [2.45, 2.75) is 25.9 Å². The highest BCUT2D eigenvalue weighted by Crippen LogP contribution is 2.35. The van der Waals surface area contributed by atoms with Crippen LogP contribution in [0.1, 0.15) is 35.5 Å². The van der Waals surface area contributed by atoms with Gasteiger partial charge in [-0.15, -0.1) is 0 Å². The maximum atomic E-state index is 13.2. The Balaban J connectivity index is 0.00000158. The molecular weight excluding hydrogens is 518 g/mol. The highest BCUT2D eigenvalue weighted by Gasteiger charge is 2.53. The fourth-order valence-corrected chi connectivity index (χ4v) is 4.74. The van der Waals surface area contributed by atoms with Gasteiger partial charge in [0.2, 0.25) is 11.7 Å². The number of amides is 4. The van der Waals surface area contributed by atoms with Crippen molar-refractivity contribution in [3.05, 3.63) is 69.8 Å². The summed E-state index contributed by atoms with van der Waals surface area (Å²) in [5.41, 5.74) is 0.348. The Kier molecular flexibility index (Phi) is 6.71. The van der Waals surface area contributed by atoms with Gasteiger partial charge in [0, 0.05) is 42.4 Å². The van der Waals surface area contributed by atoms with Crippen molar-refractivity contribution in [3.8, 4) is 17.0 Å². The Labute approximate surface area is 227 Å². The van der Waals surface area contributed by atoms with Gasteiger partial charge >= 0.3 is 6.03 Å². The number of methoxy groups -OCH3 is 1. The number of pyridine rings is 1. The van der Waals surface area contributed by atoms with E-state index in [2.05, 4.69) is 30.9 Å². The second kappa shape index (κ2) is 10.2. The first-order chi connectivity index (χ1) is 19.3. The highest BCUT2D eigenvalue weighted by atomic mass is 16.5. The van der Waals surface area contributed by atoms with E-state index in [-0.39, 0.29) is 36.0 Å². The van der Waals surface area contributed by atoms with Crippen LogP contribution in [0.25, 0.3) is 22.4 Å². The van der Waals surface area contributed by atoms with E-state index in [4.69, 9.17) is 9.15 Å². The minimum absolute atomic E-state index is 0.108. The van der Waals surface area contributed by atoms with Crippen LogP contribution in [0.5, 0.6) is 5.75 Å². The van der Waals surface area contributed by atoms with E-state index in [1.54, 1.807) is 37.4 Å². The number of ether oxygens (including phenoxy) is 1. The molecule has 4 aromatic rings. The molecule has 5 heterocycles. The van der Waals surface area contributed by atoms with Crippen LogP contribution in [0.3, 0.4) is 0 Å². The number of urea groups is 1. The largest absolute Gasteiger partial charge is 0.497 e. The van der Waals surface area contributed by atoms with Crippen LogP contribution in [-0.4, -0.2) is 58.4 Å². The number of aromatic amines is 1. The van der Waals surface area contributed by atoms with Crippen LogP contribution in [0.2, 0.25) is 0 Å². The van der Waals surface area contributed by atoms with Crippen molar-refractivity contribution >= 4 is 34.9 Å². The zero-order chi connectivity index (χ0) is 28.6. The van der Waals surface area contributed by atoms with Gasteiger partial charge in [0.1, 0.15) is 11.5 Å². The molecule has 4 amide bonds. The second-order valence-electron chi connectivity index (χ2n) is 8.96. The smallest absolute Gasteiger partial charge is 0.322 e. The molecule has 3 aromatic heterocycles. The predicted molar refractivity (Wildman–Crippen MR) is 145 cm³/mol. The molecule has 13 heteroatoms. The minimum Gasteiger partial charge on any atom is -0.497 e. The average Bonchev–Trinajstić information content (AvgIpc) is 3.62. The first-order valence-electron chi connectivity index (χ1n) is 12.6. The lowest BCUT2D eigenvalue weighted by Crippen LogP contribution is -2.52. The van der Waals surface area contributed by atoms with Gasteiger partial charge < -0.3 is 24.7 Å². The molecule has 6 rings (SSSR count). The molecule has 206 valence electrons. The first-order valence-corrected chi connectivity index (χ1v) is 12.6. The van der Waals surface area contributed by atoms with Crippen LogP contribution < -0.4 is 26.2 Å². The quantitative estimate of drug-likeness (QED) is 0.265. The third-order valence-corrected chi connectivity index (χ3v) is 6.63. The number of furan rings is 1. The third kappa shape index (κ3) is 4.40. The Bertz CT molecular complexity index is 1710. The number of H-pyrrole nitrogens is 1. The molecule has 1 atom stereocenters. The van der Waals surface area contributed by atoms with Gasteiger partial charge in [-0.25, -0.2) is 14.8 Å². The maximum absolute atomic E-state index is 13.2.